The fourth-order valence-electron chi connectivity index (χ4n) is 2.17. The number of Topliss-reactive ketones (excluding diaryl/α,β-unsaturated/α-hetero) is 1. The third-order valence-electron chi connectivity index (χ3n) is 3.22. The van der Waals surface area contributed by atoms with Crippen molar-refractivity contribution in [3.8, 4) is 5.13 Å². The van der Waals surface area contributed by atoms with E-state index in [4.69, 9.17) is 4.74 Å². The summed E-state index contributed by atoms with van der Waals surface area (Å²) in [6.07, 6.45) is 8.08. The van der Waals surface area contributed by atoms with Crippen molar-refractivity contribution in [2.45, 2.75) is 20.8 Å². The summed E-state index contributed by atoms with van der Waals surface area (Å²) in [5.41, 5.74) is 2.26. The minimum Gasteiger partial charge on any atom is -0.454 e. The average Bonchev–Trinajstić information content (AvgIpc) is 3.13. The number of nitrogens with zero attached hydrogens (tertiary/aromatic N) is 2. The molecule has 0 saturated heterocycles. The topological polar surface area (TPSA) is 61.2 Å². The van der Waals surface area contributed by atoms with Crippen LogP contribution >= 0.6 is 11.3 Å². The van der Waals surface area contributed by atoms with Crippen LogP contribution in [0.2, 0.25) is 0 Å². The van der Waals surface area contributed by atoms with E-state index in [0.717, 1.165) is 16.5 Å². The van der Waals surface area contributed by atoms with Crippen LogP contribution in [0.15, 0.2) is 41.9 Å². The lowest BCUT2D eigenvalue weighted by Gasteiger charge is -2.05. The summed E-state index contributed by atoms with van der Waals surface area (Å²) in [6, 6.07) is 1.79. The first-order chi connectivity index (χ1) is 11.0. The van der Waals surface area contributed by atoms with Crippen LogP contribution in [0.4, 0.5) is 0 Å². The van der Waals surface area contributed by atoms with Gasteiger partial charge in [0, 0.05) is 34.6 Å². The maximum absolute atomic E-state index is 12.3. The summed E-state index contributed by atoms with van der Waals surface area (Å²) < 4.78 is 6.89. The number of aryl methyl sites for hydroxylation is 1. The lowest BCUT2D eigenvalue weighted by Crippen LogP contribution is -2.13. The first-order valence-electron chi connectivity index (χ1n) is 7.12. The quantitative estimate of drug-likeness (QED) is 0.352. The number of carbonyl (C=O) groups excluding carboxylic acids is 2. The molecule has 2 heterocycles. The lowest BCUT2D eigenvalue weighted by atomic mass is 10.1. The molecule has 2 aromatic heterocycles. The van der Waals surface area contributed by atoms with Gasteiger partial charge in [-0.1, -0.05) is 18.2 Å². The van der Waals surface area contributed by atoms with Gasteiger partial charge in [-0.25, -0.2) is 9.78 Å². The number of allylic oxidation sites excluding steroid dienone is 3. The molecule has 2 aromatic rings. The van der Waals surface area contributed by atoms with E-state index in [-0.39, 0.29) is 12.4 Å². The molecule has 0 N–H and O–H groups in total. The van der Waals surface area contributed by atoms with Crippen LogP contribution in [-0.4, -0.2) is 27.9 Å². The zero-order valence-electron chi connectivity index (χ0n) is 13.3. The molecule has 0 fully saturated rings. The molecule has 0 aromatic carbocycles. The van der Waals surface area contributed by atoms with E-state index < -0.39 is 5.97 Å². The maximum atomic E-state index is 12.3. The fraction of sp³-hybridized carbons (Fsp3) is 0.235. The van der Waals surface area contributed by atoms with E-state index in [1.807, 2.05) is 30.7 Å². The average molecular weight is 330 g/mol. The molecule has 0 aliphatic heterocycles. The normalized spacial score (nSPS) is 11.4. The van der Waals surface area contributed by atoms with Crippen molar-refractivity contribution in [3.05, 3.63) is 58.9 Å². The summed E-state index contributed by atoms with van der Waals surface area (Å²) in [5.74, 6) is -0.765. The highest BCUT2D eigenvalue weighted by Gasteiger charge is 2.18. The third-order valence-corrected chi connectivity index (χ3v) is 3.98. The molecule has 0 saturated carbocycles. The van der Waals surface area contributed by atoms with Gasteiger partial charge in [0.25, 0.3) is 0 Å². The molecule has 2 rings (SSSR count). The molecule has 0 aliphatic rings. The Labute approximate surface area is 138 Å². The van der Waals surface area contributed by atoms with Gasteiger partial charge in [0.1, 0.15) is 0 Å². The lowest BCUT2D eigenvalue weighted by molar-refractivity contribution is -0.136. The second-order valence-corrected chi connectivity index (χ2v) is 5.72. The van der Waals surface area contributed by atoms with Gasteiger partial charge in [0.2, 0.25) is 5.78 Å². The molecule has 23 heavy (non-hydrogen) atoms. The Kier molecular flexibility index (Phi) is 5.65. The Morgan fingerprint density at radius 2 is 2.13 bits per heavy atom. The number of esters is 1. The predicted octanol–water partition coefficient (Wildman–Crippen LogP) is 3.41. The van der Waals surface area contributed by atoms with Crippen molar-refractivity contribution >= 4 is 23.1 Å². The molecule has 0 amide bonds. The van der Waals surface area contributed by atoms with Gasteiger partial charge >= 0.3 is 5.97 Å². The van der Waals surface area contributed by atoms with Crippen molar-refractivity contribution in [1.29, 1.82) is 0 Å². The van der Waals surface area contributed by atoms with E-state index in [1.54, 1.807) is 30.5 Å². The van der Waals surface area contributed by atoms with Gasteiger partial charge in [0.05, 0.1) is 0 Å². The van der Waals surface area contributed by atoms with Gasteiger partial charge in [-0.2, -0.15) is 0 Å². The number of rotatable bonds is 6. The summed E-state index contributed by atoms with van der Waals surface area (Å²) in [6.45, 7) is 5.34. The minimum absolute atomic E-state index is 0.228. The number of ether oxygens (including phenoxy) is 1. The first kappa shape index (κ1) is 16.9. The van der Waals surface area contributed by atoms with Gasteiger partial charge < -0.3 is 4.74 Å². The number of hydrogen-bond acceptors (Lipinski definition) is 5. The van der Waals surface area contributed by atoms with Crippen LogP contribution in [-0.2, 0) is 9.53 Å². The van der Waals surface area contributed by atoms with E-state index in [2.05, 4.69) is 4.98 Å². The molecule has 0 atom stereocenters. The summed E-state index contributed by atoms with van der Waals surface area (Å²) >= 11 is 1.50. The van der Waals surface area contributed by atoms with E-state index in [9.17, 15) is 9.59 Å². The molecule has 120 valence electrons. The second-order valence-electron chi connectivity index (χ2n) is 4.85. The van der Waals surface area contributed by atoms with Crippen LogP contribution in [0.25, 0.3) is 5.13 Å². The highest BCUT2D eigenvalue weighted by atomic mass is 32.1. The van der Waals surface area contributed by atoms with Crippen LogP contribution in [0, 0.1) is 13.8 Å². The zero-order chi connectivity index (χ0) is 16.8. The van der Waals surface area contributed by atoms with E-state index >= 15 is 0 Å². The third kappa shape index (κ3) is 4.04. The van der Waals surface area contributed by atoms with Crippen molar-refractivity contribution in [1.82, 2.24) is 9.55 Å². The van der Waals surface area contributed by atoms with E-state index in [0.29, 0.717) is 5.56 Å². The standard InChI is InChI=1S/C17H18N2O3S/c1-4-5-6-7-16(21)22-11-15(20)14-10-12(2)19(13(14)3)17-18-8-9-23-17/h4-10H,11H2,1-3H3/b5-4+,7-6+. The SMILES string of the molecule is C/C=C/C=C/C(=O)OCC(=O)c1cc(C)n(-c2nccs2)c1C. The Morgan fingerprint density at radius 1 is 1.35 bits per heavy atom. The zero-order valence-corrected chi connectivity index (χ0v) is 14.1. The van der Waals surface area contributed by atoms with Gasteiger partial charge in [0.15, 0.2) is 11.7 Å². The van der Waals surface area contributed by atoms with Crippen molar-refractivity contribution in [2.75, 3.05) is 6.61 Å². The van der Waals surface area contributed by atoms with Gasteiger partial charge in [-0.15, -0.1) is 11.3 Å². The minimum atomic E-state index is -0.537. The van der Waals surface area contributed by atoms with Crippen molar-refractivity contribution in [3.63, 3.8) is 0 Å². The Morgan fingerprint density at radius 3 is 2.78 bits per heavy atom. The molecular formula is C17H18N2O3S. The Bertz CT molecular complexity index is 755. The molecule has 0 bridgehead atoms. The number of aromatic nitrogens is 2. The monoisotopic (exact) mass is 330 g/mol. The molecule has 0 aliphatic carbocycles. The first-order valence-corrected chi connectivity index (χ1v) is 8.00. The predicted molar refractivity (Wildman–Crippen MR) is 90.2 cm³/mol. The Balaban J connectivity index is 2.09. The molecule has 5 nitrogen and oxygen atoms in total. The summed E-state index contributed by atoms with van der Waals surface area (Å²) in [4.78, 5) is 28.0. The molecule has 6 heteroatoms. The van der Waals surface area contributed by atoms with Crippen LogP contribution in [0.3, 0.4) is 0 Å². The Hall–Kier alpha value is -2.47. The smallest absolute Gasteiger partial charge is 0.331 e. The second kappa shape index (κ2) is 7.69. The summed E-state index contributed by atoms with van der Waals surface area (Å²) in [5, 5.41) is 2.69. The van der Waals surface area contributed by atoms with Gasteiger partial charge in [-0.3, -0.25) is 9.36 Å². The number of ketones is 1. The highest BCUT2D eigenvalue weighted by molar-refractivity contribution is 7.12. The molecule has 0 spiro atoms. The number of hydrogen-bond donors (Lipinski definition) is 0. The van der Waals surface area contributed by atoms with Crippen molar-refractivity contribution in [2.24, 2.45) is 0 Å². The molecule has 0 unspecified atom stereocenters. The highest BCUT2D eigenvalue weighted by Crippen LogP contribution is 2.22. The summed E-state index contributed by atoms with van der Waals surface area (Å²) in [7, 11) is 0. The number of thiazole rings is 1. The fourth-order valence-corrected chi connectivity index (χ4v) is 2.93. The van der Waals surface area contributed by atoms with Crippen molar-refractivity contribution < 1.29 is 14.3 Å². The molecule has 0 radical (unpaired) electrons. The van der Waals surface area contributed by atoms with Gasteiger partial charge in [-0.05, 0) is 26.8 Å². The number of carbonyl (C=O) groups is 2. The maximum Gasteiger partial charge on any atom is 0.331 e. The largest absolute Gasteiger partial charge is 0.454 e. The molecular weight excluding hydrogens is 312 g/mol. The van der Waals surface area contributed by atoms with Crippen LogP contribution < -0.4 is 0 Å². The van der Waals surface area contributed by atoms with Crippen LogP contribution in [0.1, 0.15) is 28.7 Å². The van der Waals surface area contributed by atoms with E-state index in [1.165, 1.54) is 17.4 Å². The van der Waals surface area contributed by atoms with Crippen LogP contribution in [0.5, 0.6) is 0 Å².